The van der Waals surface area contributed by atoms with Crippen LogP contribution in [0.4, 0.5) is 0 Å². The van der Waals surface area contributed by atoms with E-state index in [9.17, 15) is 2.74 Å². The molecule has 0 N–H and O–H groups in total. The van der Waals surface area contributed by atoms with Crippen LogP contribution in [0.1, 0.15) is 15.1 Å². The van der Waals surface area contributed by atoms with Gasteiger partial charge in [-0.1, -0.05) is 115 Å². The quantitative estimate of drug-likeness (QED) is 0.160. The van der Waals surface area contributed by atoms with Gasteiger partial charge in [-0.25, -0.2) is 0 Å². The van der Waals surface area contributed by atoms with E-state index >= 15 is 0 Å². The van der Waals surface area contributed by atoms with Crippen molar-refractivity contribution in [2.24, 2.45) is 0 Å². The zero-order valence-electron chi connectivity index (χ0n) is 32.4. The highest BCUT2D eigenvalue weighted by Gasteiger charge is 2.16. The van der Waals surface area contributed by atoms with Crippen LogP contribution in [0.2, 0.25) is 0 Å². The molecule has 0 amide bonds. The summed E-state index contributed by atoms with van der Waals surface area (Å²) in [7, 11) is 0. The summed E-state index contributed by atoms with van der Waals surface area (Å²) in [6.45, 7) is 0. The highest BCUT2D eigenvalue weighted by molar-refractivity contribution is 6.21. The molecule has 0 saturated heterocycles. The van der Waals surface area contributed by atoms with Gasteiger partial charge in [-0.2, -0.15) is 0 Å². The van der Waals surface area contributed by atoms with Crippen molar-refractivity contribution in [2.75, 3.05) is 0 Å². The fraction of sp³-hybridized carbons (Fsp3) is 0. The lowest BCUT2D eigenvalue weighted by atomic mass is 9.89. The molecule has 1 heterocycles. The van der Waals surface area contributed by atoms with Gasteiger partial charge in [0.2, 0.25) is 0 Å². The molecule has 8 aromatic carbocycles. The summed E-state index contributed by atoms with van der Waals surface area (Å²) < 4.78 is 103. The molecule has 41 heavy (non-hydrogen) atoms. The van der Waals surface area contributed by atoms with Crippen molar-refractivity contribution in [3.8, 4) is 22.3 Å². The van der Waals surface area contributed by atoms with Crippen LogP contribution in [0.5, 0.6) is 0 Å². The van der Waals surface area contributed by atoms with E-state index in [1.54, 1.807) is 18.2 Å². The molecule has 1 aromatic heterocycles. The van der Waals surface area contributed by atoms with E-state index in [1.165, 1.54) is 0 Å². The van der Waals surface area contributed by atoms with E-state index in [4.69, 9.17) is 16.8 Å². The Morgan fingerprint density at radius 1 is 0.439 bits per heavy atom. The summed E-state index contributed by atoms with van der Waals surface area (Å²) in [6.07, 6.45) is 0. The molecule has 1 heteroatoms. The minimum Gasteiger partial charge on any atom is -0.455 e. The summed E-state index contributed by atoms with van der Waals surface area (Å²) in [5, 5.41) is 2.67. The smallest absolute Gasteiger partial charge is 0.143 e. The van der Waals surface area contributed by atoms with Crippen LogP contribution in [0.3, 0.4) is 0 Å². The van der Waals surface area contributed by atoms with Crippen molar-refractivity contribution >= 4 is 65.0 Å². The number of fused-ring (bicyclic) bond motifs is 9. The van der Waals surface area contributed by atoms with Crippen LogP contribution in [0, 0.1) is 0 Å². The highest BCUT2D eigenvalue weighted by atomic mass is 16.3. The first-order valence-electron chi connectivity index (χ1n) is 18.7. The Bertz CT molecular complexity index is 3080. The Balaban J connectivity index is 1.46. The van der Waals surface area contributed by atoms with E-state index in [-0.39, 0.29) is 37.9 Å². The van der Waals surface area contributed by atoms with Crippen LogP contribution < -0.4 is 0 Å². The lowest BCUT2D eigenvalue weighted by Crippen LogP contribution is -1.87. The molecule has 0 spiro atoms. The Hall–Kier alpha value is -5.40. The molecule has 0 unspecified atom stereocenters. The van der Waals surface area contributed by atoms with Gasteiger partial charge in [0.1, 0.15) is 11.2 Å². The summed E-state index contributed by atoms with van der Waals surface area (Å²) in [6, 6.07) is 19.8. The van der Waals surface area contributed by atoms with Crippen molar-refractivity contribution in [1.82, 2.24) is 0 Å². The van der Waals surface area contributed by atoms with E-state index in [2.05, 4.69) is 12.1 Å². The maximum absolute atomic E-state index is 9.35. The summed E-state index contributed by atoms with van der Waals surface area (Å²) in [4.78, 5) is 0. The van der Waals surface area contributed by atoms with Gasteiger partial charge < -0.3 is 4.42 Å². The van der Waals surface area contributed by atoms with Crippen LogP contribution in [-0.2, 0) is 0 Å². The van der Waals surface area contributed by atoms with E-state index in [1.807, 2.05) is 48.5 Å². The Morgan fingerprint density at radius 2 is 1.20 bits per heavy atom. The number of furan rings is 1. The van der Waals surface area contributed by atoms with Crippen LogP contribution >= 0.6 is 0 Å². The Kier molecular flexibility index (Phi) is 2.98. The van der Waals surface area contributed by atoms with E-state index < -0.39 is 66.5 Å². The minimum atomic E-state index is -0.583. The molecule has 0 aliphatic heterocycles. The standard InChI is InChI=1S/C40H24O/c1-2-8-25(9-3-1)28-15-14-27-17-20-34-37-24-30(18-21-38(37)41-40(34)35(27)22-28)39-32-13-7-5-11-29(32)23-36-31-12-6-4-10-26(31)16-19-33(36)39/h1-24H/i4D,5D,6D,7D,10D,11D,12D,13D,16D,19D,23D. The summed E-state index contributed by atoms with van der Waals surface area (Å²) in [5.74, 6) is 0. The molecule has 0 atom stereocenters. The van der Waals surface area contributed by atoms with Crippen molar-refractivity contribution in [2.45, 2.75) is 0 Å². The Labute approximate surface area is 252 Å². The average Bonchev–Trinajstić information content (AvgIpc) is 3.54. The van der Waals surface area contributed by atoms with Crippen LogP contribution in [0.15, 0.2) is 150 Å². The Morgan fingerprint density at radius 3 is 2.10 bits per heavy atom. The van der Waals surface area contributed by atoms with Crippen molar-refractivity contribution < 1.29 is 19.5 Å². The van der Waals surface area contributed by atoms with E-state index in [0.29, 0.717) is 22.1 Å². The fourth-order valence-electron chi connectivity index (χ4n) is 5.87. The predicted octanol–water partition coefficient (Wildman–Crippen LogP) is 11.5. The molecule has 0 aliphatic carbocycles. The van der Waals surface area contributed by atoms with Crippen LogP contribution in [0.25, 0.3) is 87.3 Å². The topological polar surface area (TPSA) is 13.1 Å². The SMILES string of the molecule is [2H]c1c([2H])c([2H])c2c([2H])c3c(c([2H])c([2H])c4c([2H])c([2H])c([2H])c([2H])c43)c(-c3ccc4oc5c6cc(-c7ccccc7)ccc6ccc5c4c3)c2c1[2H]. The summed E-state index contributed by atoms with van der Waals surface area (Å²) >= 11 is 0. The highest BCUT2D eigenvalue weighted by Crippen LogP contribution is 2.42. The number of hydrogen-bond donors (Lipinski definition) is 0. The second-order valence-electron chi connectivity index (χ2n) is 10.1. The maximum Gasteiger partial charge on any atom is 0.143 e. The molecule has 0 radical (unpaired) electrons. The first-order valence-corrected chi connectivity index (χ1v) is 13.2. The zero-order chi connectivity index (χ0) is 36.5. The van der Waals surface area contributed by atoms with Gasteiger partial charge in [0.05, 0.1) is 15.1 Å². The van der Waals surface area contributed by atoms with Gasteiger partial charge >= 0.3 is 0 Å². The van der Waals surface area contributed by atoms with Crippen LogP contribution in [-0.4, -0.2) is 0 Å². The van der Waals surface area contributed by atoms with Gasteiger partial charge in [0, 0.05) is 16.2 Å². The maximum atomic E-state index is 9.35. The third kappa shape index (κ3) is 3.36. The first-order chi connectivity index (χ1) is 24.9. The van der Waals surface area contributed by atoms with Gasteiger partial charge in [0.15, 0.2) is 0 Å². The summed E-state index contributed by atoms with van der Waals surface area (Å²) in [5.41, 5.74) is 3.85. The second-order valence-corrected chi connectivity index (χ2v) is 10.1. The molecule has 0 saturated carbocycles. The third-order valence-electron chi connectivity index (χ3n) is 7.79. The van der Waals surface area contributed by atoms with E-state index in [0.717, 1.165) is 27.3 Å². The molecule has 0 bridgehead atoms. The van der Waals surface area contributed by atoms with Gasteiger partial charge in [-0.3, -0.25) is 0 Å². The lowest BCUT2D eigenvalue weighted by molar-refractivity contribution is 0.673. The predicted molar refractivity (Wildman–Crippen MR) is 175 cm³/mol. The monoisotopic (exact) mass is 531 g/mol. The largest absolute Gasteiger partial charge is 0.455 e. The number of rotatable bonds is 2. The number of hydrogen-bond acceptors (Lipinski definition) is 1. The molecular weight excluding hydrogens is 496 g/mol. The number of benzene rings is 8. The molecular formula is C40H24O. The van der Waals surface area contributed by atoms with Crippen molar-refractivity contribution in [1.29, 1.82) is 0 Å². The normalized spacial score (nSPS) is 15.7. The van der Waals surface area contributed by atoms with Crippen molar-refractivity contribution in [3.63, 3.8) is 0 Å². The minimum absolute atomic E-state index is 0.0184. The molecule has 9 aromatic rings. The molecule has 9 rings (SSSR count). The second kappa shape index (κ2) is 8.55. The third-order valence-corrected chi connectivity index (χ3v) is 7.79. The molecule has 190 valence electrons. The molecule has 0 aliphatic rings. The molecule has 0 fully saturated rings. The van der Waals surface area contributed by atoms with Gasteiger partial charge in [-0.15, -0.1) is 0 Å². The van der Waals surface area contributed by atoms with Gasteiger partial charge in [0.25, 0.3) is 0 Å². The van der Waals surface area contributed by atoms with Crippen molar-refractivity contribution in [3.05, 3.63) is 145 Å². The molecule has 1 nitrogen and oxygen atoms in total. The first kappa shape index (κ1) is 14.3. The fourth-order valence-corrected chi connectivity index (χ4v) is 5.87. The zero-order valence-corrected chi connectivity index (χ0v) is 21.4. The lowest BCUT2D eigenvalue weighted by Gasteiger charge is -2.14. The average molecular weight is 532 g/mol. The van der Waals surface area contributed by atoms with Gasteiger partial charge in [-0.05, 0) is 90.3 Å².